The first-order valence-corrected chi connectivity index (χ1v) is 10.1. The molecule has 3 aliphatic rings. The molecule has 0 saturated carbocycles. The van der Waals surface area contributed by atoms with Gasteiger partial charge in [0.15, 0.2) is 5.66 Å². The molecule has 2 saturated heterocycles. The Kier molecular flexibility index (Phi) is 9.52. The number of likely N-dealkylation sites (N-methyl/N-ethyl adjacent to an activating group) is 1. The number of likely N-dealkylation sites (tertiary alicyclic amines) is 2. The maximum atomic E-state index is 12.8. The van der Waals surface area contributed by atoms with Crippen LogP contribution < -0.4 is 5.56 Å². The molecule has 2 fully saturated rings. The highest BCUT2D eigenvalue weighted by atomic mass is 35.5. The monoisotopic (exact) mass is 464 g/mol. The highest BCUT2D eigenvalue weighted by Gasteiger charge is 2.49. The zero-order valence-corrected chi connectivity index (χ0v) is 18.9. The summed E-state index contributed by atoms with van der Waals surface area (Å²) in [6.07, 6.45) is 11.7. The third kappa shape index (κ3) is 4.56. The molecule has 32 heavy (non-hydrogen) atoms. The number of benzene rings is 1. The highest BCUT2D eigenvalue weighted by molar-refractivity contribution is 5.85. The number of fused-ring (bicyclic) bond motifs is 1. The van der Waals surface area contributed by atoms with Gasteiger partial charge in [-0.25, -0.2) is 4.68 Å². The lowest BCUT2D eigenvalue weighted by Crippen LogP contribution is -2.56. The van der Waals surface area contributed by atoms with Gasteiger partial charge in [0.1, 0.15) is 0 Å². The number of hydrogen-bond acceptors (Lipinski definition) is 4. The Hall–Kier alpha value is -2.33. The van der Waals surface area contributed by atoms with Crippen molar-refractivity contribution in [3.8, 4) is 0 Å². The molecule has 8 nitrogen and oxygen atoms in total. The molecular weight excluding hydrogens is 432 g/mol. The third-order valence-corrected chi connectivity index (χ3v) is 6.53. The molecule has 2 aliphatic heterocycles. The van der Waals surface area contributed by atoms with Gasteiger partial charge >= 0.3 is 0 Å². The van der Waals surface area contributed by atoms with Crippen LogP contribution in [0.5, 0.6) is 0 Å². The van der Waals surface area contributed by atoms with Gasteiger partial charge in [0.25, 0.3) is 5.56 Å². The van der Waals surface area contributed by atoms with E-state index in [1.165, 1.54) is 12.0 Å². The van der Waals surface area contributed by atoms with Crippen LogP contribution in [0.15, 0.2) is 77.8 Å². The summed E-state index contributed by atoms with van der Waals surface area (Å²) in [5.41, 5.74) is 0.565. The standard InChI is InChI=1S/C23H26N4O.ClH.3H2O/c1-25-16-20-11-15-26(21(20)17-25)23(27-22(28)8-5-14-24-27)12-9-19(10-13-23)18-6-3-2-4-7-18;;;;/h2-10,12-14,19-21H,11,15-17H2,1H3;1H;3*1H2/t19?,20-,21+,23?;;;;/m1..../s1. The summed E-state index contributed by atoms with van der Waals surface area (Å²) in [6, 6.07) is 14.2. The Morgan fingerprint density at radius 3 is 2.31 bits per heavy atom. The number of hydrogen-bond donors (Lipinski definition) is 0. The number of halogens is 1. The van der Waals surface area contributed by atoms with Crippen LogP contribution in [0.25, 0.3) is 0 Å². The van der Waals surface area contributed by atoms with E-state index >= 15 is 0 Å². The molecule has 176 valence electrons. The van der Waals surface area contributed by atoms with Gasteiger partial charge in [-0.15, -0.1) is 12.4 Å². The summed E-state index contributed by atoms with van der Waals surface area (Å²) in [5.74, 6) is 0.883. The fraction of sp³-hybridized carbons (Fsp3) is 0.391. The molecule has 1 aromatic heterocycles. The fourth-order valence-electron chi connectivity index (χ4n) is 5.21. The largest absolute Gasteiger partial charge is 0.412 e. The van der Waals surface area contributed by atoms with Crippen LogP contribution in [-0.4, -0.2) is 68.7 Å². The minimum atomic E-state index is -0.631. The summed E-state index contributed by atoms with van der Waals surface area (Å²) in [4.78, 5) is 17.7. The van der Waals surface area contributed by atoms with Gasteiger partial charge in [-0.05, 0) is 43.2 Å². The first kappa shape index (κ1) is 27.7. The predicted molar refractivity (Wildman–Crippen MR) is 128 cm³/mol. The van der Waals surface area contributed by atoms with Gasteiger partial charge < -0.3 is 21.3 Å². The molecule has 5 rings (SSSR count). The van der Waals surface area contributed by atoms with E-state index in [0.717, 1.165) is 19.6 Å². The van der Waals surface area contributed by atoms with E-state index < -0.39 is 5.66 Å². The van der Waals surface area contributed by atoms with Gasteiger partial charge in [0, 0.05) is 43.9 Å². The van der Waals surface area contributed by atoms with E-state index in [1.807, 2.05) is 6.07 Å². The van der Waals surface area contributed by atoms with Crippen molar-refractivity contribution < 1.29 is 16.4 Å². The highest BCUT2D eigenvalue weighted by Crippen LogP contribution is 2.41. The molecule has 0 bridgehead atoms. The van der Waals surface area contributed by atoms with E-state index in [-0.39, 0.29) is 40.3 Å². The van der Waals surface area contributed by atoms with E-state index in [4.69, 9.17) is 0 Å². The molecule has 6 N–H and O–H groups in total. The minimum absolute atomic E-state index is 0. The average Bonchev–Trinajstić information content (AvgIpc) is 3.28. The molecule has 1 aromatic carbocycles. The van der Waals surface area contributed by atoms with Crippen LogP contribution >= 0.6 is 12.4 Å². The molecule has 2 atom stereocenters. The maximum absolute atomic E-state index is 12.8. The fourth-order valence-corrected chi connectivity index (χ4v) is 5.21. The second-order valence-electron chi connectivity index (χ2n) is 8.24. The van der Waals surface area contributed by atoms with Crippen molar-refractivity contribution >= 4 is 12.4 Å². The molecule has 3 heterocycles. The molecular formula is C23H33ClN4O4. The molecule has 0 spiro atoms. The summed E-state index contributed by atoms with van der Waals surface area (Å²) < 4.78 is 1.65. The van der Waals surface area contributed by atoms with Crippen molar-refractivity contribution in [2.24, 2.45) is 5.92 Å². The Morgan fingerprint density at radius 2 is 1.66 bits per heavy atom. The van der Waals surface area contributed by atoms with Crippen molar-refractivity contribution in [1.82, 2.24) is 19.6 Å². The SMILES string of the molecule is CN1C[C@H]2CCN(C3(n4ncccc4=O)C=CC(c4ccccc4)C=C3)[C@H]2C1.Cl.O.O.O. The summed E-state index contributed by atoms with van der Waals surface area (Å²) in [6.45, 7) is 3.16. The van der Waals surface area contributed by atoms with Crippen LogP contribution in [0.3, 0.4) is 0 Å². The van der Waals surface area contributed by atoms with Crippen molar-refractivity contribution in [2.75, 3.05) is 26.7 Å². The predicted octanol–water partition coefficient (Wildman–Crippen LogP) is 0.389. The smallest absolute Gasteiger partial charge is 0.269 e. The number of aromatic nitrogens is 2. The van der Waals surface area contributed by atoms with E-state index in [1.54, 1.807) is 23.0 Å². The lowest BCUT2D eigenvalue weighted by Gasteiger charge is -2.42. The van der Waals surface area contributed by atoms with E-state index in [9.17, 15) is 4.79 Å². The van der Waals surface area contributed by atoms with Gasteiger partial charge in [-0.1, -0.05) is 42.5 Å². The zero-order chi connectivity index (χ0) is 19.1. The van der Waals surface area contributed by atoms with Crippen molar-refractivity contribution in [3.63, 3.8) is 0 Å². The lowest BCUT2D eigenvalue weighted by molar-refractivity contribution is 0.0709. The van der Waals surface area contributed by atoms with Crippen LogP contribution in [0, 0.1) is 5.92 Å². The van der Waals surface area contributed by atoms with Gasteiger partial charge in [0.05, 0.1) is 0 Å². The molecule has 2 aromatic rings. The summed E-state index contributed by atoms with van der Waals surface area (Å²) >= 11 is 0. The molecule has 0 unspecified atom stereocenters. The van der Waals surface area contributed by atoms with E-state index in [0.29, 0.717) is 12.0 Å². The van der Waals surface area contributed by atoms with Crippen LogP contribution in [0.1, 0.15) is 17.9 Å². The van der Waals surface area contributed by atoms with Gasteiger partial charge in [-0.3, -0.25) is 9.69 Å². The number of allylic oxidation sites excluding steroid dienone is 2. The Morgan fingerprint density at radius 1 is 0.969 bits per heavy atom. The van der Waals surface area contributed by atoms with Crippen LogP contribution in [-0.2, 0) is 5.66 Å². The minimum Gasteiger partial charge on any atom is -0.412 e. The maximum Gasteiger partial charge on any atom is 0.269 e. The number of rotatable bonds is 3. The van der Waals surface area contributed by atoms with Crippen molar-refractivity contribution in [2.45, 2.75) is 24.0 Å². The topological polar surface area (TPSA) is 136 Å². The molecule has 1 aliphatic carbocycles. The Bertz CT molecular complexity index is 967. The average molecular weight is 465 g/mol. The zero-order valence-electron chi connectivity index (χ0n) is 18.1. The Labute approximate surface area is 194 Å². The molecule has 0 radical (unpaired) electrons. The summed E-state index contributed by atoms with van der Waals surface area (Å²) in [5, 5.41) is 4.50. The second kappa shape index (κ2) is 11.0. The summed E-state index contributed by atoms with van der Waals surface area (Å²) in [7, 11) is 2.19. The number of nitrogens with zero attached hydrogens (tertiary/aromatic N) is 4. The first-order chi connectivity index (χ1) is 13.7. The quantitative estimate of drug-likeness (QED) is 0.606. The molecule has 0 amide bonds. The van der Waals surface area contributed by atoms with Crippen LogP contribution in [0.2, 0.25) is 0 Å². The van der Waals surface area contributed by atoms with Gasteiger partial charge in [0.2, 0.25) is 0 Å². The second-order valence-corrected chi connectivity index (χ2v) is 8.24. The lowest BCUT2D eigenvalue weighted by atomic mass is 9.89. The van der Waals surface area contributed by atoms with Crippen molar-refractivity contribution in [1.29, 1.82) is 0 Å². The Balaban J connectivity index is 0.00000128. The normalized spacial score (nSPS) is 28.6. The van der Waals surface area contributed by atoms with Crippen LogP contribution in [0.4, 0.5) is 0 Å². The third-order valence-electron chi connectivity index (χ3n) is 6.53. The first-order valence-electron chi connectivity index (χ1n) is 10.1. The molecule has 9 heteroatoms. The van der Waals surface area contributed by atoms with Crippen molar-refractivity contribution in [3.05, 3.63) is 88.9 Å². The van der Waals surface area contributed by atoms with E-state index in [2.05, 4.69) is 70.5 Å². The van der Waals surface area contributed by atoms with Gasteiger partial charge in [-0.2, -0.15) is 5.10 Å².